The van der Waals surface area contributed by atoms with Crippen LogP contribution in [0.4, 0.5) is 5.13 Å². The van der Waals surface area contributed by atoms with Crippen molar-refractivity contribution < 1.29 is 34.0 Å². The molecule has 0 unspecified atom stereocenters. The van der Waals surface area contributed by atoms with E-state index in [4.69, 9.17) is 35.1 Å². The normalized spacial score (nSPS) is 17.0. The lowest BCUT2D eigenvalue weighted by Gasteiger charge is -2.34. The molecule has 344 valence electrons. The SMILES string of the molecule is COc1ccc(OC2CC(c3csc(N)n3)C2)nc1.O=C(Cc1nc(C2CC(Oc3ccc(CO)cn3)C2)cs1)c1cccn1Cc1ccncc1.O=C(O)c1cccn1Cc1ccncc1. The Kier molecular flexibility index (Phi) is 15.4. The average Bonchev–Trinajstić information content (AvgIpc) is 4.17. The van der Waals surface area contributed by atoms with Crippen LogP contribution >= 0.6 is 22.7 Å². The highest BCUT2D eigenvalue weighted by atomic mass is 32.1. The molecule has 8 aromatic rings. The topological polar surface area (TPSA) is 216 Å². The first-order chi connectivity index (χ1) is 32.7. The fourth-order valence-corrected chi connectivity index (χ4v) is 9.03. The van der Waals surface area contributed by atoms with Gasteiger partial charge in [-0.15, -0.1) is 22.7 Å². The zero-order valence-corrected chi connectivity index (χ0v) is 38.2. The first-order valence-electron chi connectivity index (χ1n) is 21.6. The Hall–Kier alpha value is -7.28. The number of rotatable bonds is 16. The lowest BCUT2D eigenvalue weighted by Crippen LogP contribution is -2.32. The molecule has 0 atom stereocenters. The highest BCUT2D eigenvalue weighted by molar-refractivity contribution is 7.13. The molecule has 0 spiro atoms. The van der Waals surface area contributed by atoms with Gasteiger partial charge in [-0.05, 0) is 103 Å². The molecule has 2 saturated carbocycles. The molecule has 67 heavy (non-hydrogen) atoms. The van der Waals surface area contributed by atoms with Crippen molar-refractivity contribution in [3.05, 3.63) is 178 Å². The van der Waals surface area contributed by atoms with Gasteiger partial charge < -0.3 is 39.3 Å². The summed E-state index contributed by atoms with van der Waals surface area (Å²) in [5.41, 5.74) is 11.7. The summed E-state index contributed by atoms with van der Waals surface area (Å²) in [6, 6.07) is 22.0. The van der Waals surface area contributed by atoms with Crippen LogP contribution in [0.1, 0.15) is 91.6 Å². The number of aromatic nitrogens is 8. The van der Waals surface area contributed by atoms with Gasteiger partial charge in [0, 0.05) is 91.2 Å². The number of carboxylic acid groups (broad SMARTS) is 1. The number of aliphatic hydroxyl groups is 1. The number of thiazole rings is 2. The van der Waals surface area contributed by atoms with Crippen LogP contribution in [0.2, 0.25) is 0 Å². The summed E-state index contributed by atoms with van der Waals surface area (Å²) in [5.74, 6) is 1.93. The Morgan fingerprint density at radius 1 is 0.701 bits per heavy atom. The van der Waals surface area contributed by atoms with Gasteiger partial charge in [0.15, 0.2) is 10.9 Å². The molecule has 0 saturated heterocycles. The Balaban J connectivity index is 0.000000151. The molecule has 18 heteroatoms. The summed E-state index contributed by atoms with van der Waals surface area (Å²) in [6.07, 6.45) is 18.2. The van der Waals surface area contributed by atoms with Crippen LogP contribution in [-0.2, 0) is 26.1 Å². The van der Waals surface area contributed by atoms with E-state index >= 15 is 0 Å². The number of anilines is 1. The number of hydrogen-bond donors (Lipinski definition) is 3. The number of carbonyl (C=O) groups is 2. The highest BCUT2D eigenvalue weighted by Crippen LogP contribution is 2.40. The molecular weight excluding hydrogens is 891 g/mol. The summed E-state index contributed by atoms with van der Waals surface area (Å²) in [6.45, 7) is 1.17. The van der Waals surface area contributed by atoms with Gasteiger partial charge in [0.05, 0.1) is 43.4 Å². The number of aromatic carboxylic acids is 1. The van der Waals surface area contributed by atoms with Crippen LogP contribution in [0.3, 0.4) is 0 Å². The second-order valence-electron chi connectivity index (χ2n) is 16.0. The van der Waals surface area contributed by atoms with Crippen LogP contribution in [0.5, 0.6) is 17.5 Å². The minimum absolute atomic E-state index is 0.0238. The highest BCUT2D eigenvalue weighted by Gasteiger charge is 2.35. The van der Waals surface area contributed by atoms with E-state index in [1.54, 1.807) is 84.6 Å². The third-order valence-corrected chi connectivity index (χ3v) is 12.9. The van der Waals surface area contributed by atoms with E-state index in [2.05, 4.69) is 30.3 Å². The van der Waals surface area contributed by atoms with E-state index in [0.717, 1.165) is 64.5 Å². The number of nitrogen functional groups attached to an aromatic ring is 1. The molecule has 0 radical (unpaired) electrons. The third-order valence-electron chi connectivity index (χ3n) is 11.3. The van der Waals surface area contributed by atoms with E-state index in [1.807, 2.05) is 70.7 Å². The lowest BCUT2D eigenvalue weighted by molar-refractivity contribution is 0.0685. The molecule has 2 aliphatic carbocycles. The number of ether oxygens (including phenoxy) is 3. The van der Waals surface area contributed by atoms with E-state index in [1.165, 1.54) is 11.3 Å². The summed E-state index contributed by atoms with van der Waals surface area (Å²) in [7, 11) is 1.62. The predicted molar refractivity (Wildman–Crippen MR) is 253 cm³/mol. The van der Waals surface area contributed by atoms with Gasteiger partial charge in [0.2, 0.25) is 11.8 Å². The van der Waals surface area contributed by atoms with Crippen molar-refractivity contribution in [1.29, 1.82) is 0 Å². The number of Topliss-reactive ketones (excluding diaryl/α,β-unsaturated/α-hetero) is 1. The van der Waals surface area contributed by atoms with Gasteiger partial charge in [0.25, 0.3) is 0 Å². The first-order valence-corrected chi connectivity index (χ1v) is 23.3. The molecule has 0 bridgehead atoms. The second kappa shape index (κ2) is 22.3. The van der Waals surface area contributed by atoms with Crippen molar-refractivity contribution in [2.45, 2.75) is 75.8 Å². The van der Waals surface area contributed by atoms with Crippen LogP contribution in [0.15, 0.2) is 133 Å². The number of aliphatic hydroxyl groups excluding tert-OH is 1. The van der Waals surface area contributed by atoms with Crippen molar-refractivity contribution in [2.75, 3.05) is 12.8 Å². The maximum atomic E-state index is 12.9. The molecule has 0 aliphatic heterocycles. The Morgan fingerprint density at radius 2 is 1.25 bits per heavy atom. The summed E-state index contributed by atoms with van der Waals surface area (Å²) in [5, 5.41) is 23.6. The fraction of sp³-hybridized carbons (Fsp3) is 0.265. The Labute approximate surface area is 394 Å². The van der Waals surface area contributed by atoms with E-state index in [9.17, 15) is 9.59 Å². The number of pyridine rings is 4. The number of nitrogens with two attached hydrogens (primary N) is 1. The van der Waals surface area contributed by atoms with Gasteiger partial charge in [-0.3, -0.25) is 14.8 Å². The number of carboxylic acids is 1. The molecule has 2 aliphatic rings. The average molecular weight is 940 g/mol. The minimum Gasteiger partial charge on any atom is -0.495 e. The quantitative estimate of drug-likeness (QED) is 0.0781. The lowest BCUT2D eigenvalue weighted by atomic mass is 9.80. The molecule has 16 nitrogen and oxygen atoms in total. The van der Waals surface area contributed by atoms with Crippen LogP contribution in [-0.4, -0.2) is 80.3 Å². The molecule has 8 heterocycles. The van der Waals surface area contributed by atoms with Gasteiger partial charge in [0.1, 0.15) is 28.7 Å². The maximum absolute atomic E-state index is 12.9. The molecule has 8 aromatic heterocycles. The van der Waals surface area contributed by atoms with Crippen molar-refractivity contribution >= 4 is 39.6 Å². The smallest absolute Gasteiger partial charge is 0.352 e. The first kappa shape index (κ1) is 46.3. The standard InChI is InChI=1S/C25H24N4O3S.C13H15N3O2S.C11H10N2O2/c30-15-18-3-4-24(27-13-18)32-20-10-19(11-20)21-16-33-25(28-21)12-23(31)22-2-1-9-29(22)14-17-5-7-26-8-6-17;1-17-9-2-3-12(15-6-9)18-10-4-8(5-10)11-7-19-13(14)16-11;14-11(15)10-2-1-7-13(10)8-9-3-5-12-6-4-9/h1-9,13,16,19-20,30H,10-12,14-15H2;2-3,6-8,10H,4-5H2,1H3,(H2,14,16);1-7H,8H2,(H,14,15). The summed E-state index contributed by atoms with van der Waals surface area (Å²) >= 11 is 3.04. The van der Waals surface area contributed by atoms with Crippen molar-refractivity contribution in [1.82, 2.24) is 39.0 Å². The van der Waals surface area contributed by atoms with E-state index in [0.29, 0.717) is 59.6 Å². The molecule has 2 fully saturated rings. The number of ketones is 1. The third kappa shape index (κ3) is 12.5. The number of methoxy groups -OCH3 is 1. The van der Waals surface area contributed by atoms with Crippen molar-refractivity contribution in [2.24, 2.45) is 0 Å². The van der Waals surface area contributed by atoms with Crippen molar-refractivity contribution in [3.63, 3.8) is 0 Å². The largest absolute Gasteiger partial charge is 0.495 e. The summed E-state index contributed by atoms with van der Waals surface area (Å²) in [4.78, 5) is 49.2. The maximum Gasteiger partial charge on any atom is 0.352 e. The van der Waals surface area contributed by atoms with Crippen molar-refractivity contribution in [3.8, 4) is 17.5 Å². The monoisotopic (exact) mass is 939 g/mol. The molecule has 0 aromatic carbocycles. The Bertz CT molecular complexity index is 2800. The zero-order valence-electron chi connectivity index (χ0n) is 36.6. The zero-order chi connectivity index (χ0) is 46.5. The van der Waals surface area contributed by atoms with E-state index < -0.39 is 5.97 Å². The van der Waals surface area contributed by atoms with Crippen LogP contribution in [0, 0.1) is 0 Å². The Morgan fingerprint density at radius 3 is 1.76 bits per heavy atom. The predicted octanol–water partition coefficient (Wildman–Crippen LogP) is 8.11. The van der Waals surface area contributed by atoms with Crippen LogP contribution < -0.4 is 19.9 Å². The second-order valence-corrected chi connectivity index (χ2v) is 17.8. The molecular formula is C49H49N9O7S2. The van der Waals surface area contributed by atoms with Crippen LogP contribution in [0.25, 0.3) is 0 Å². The van der Waals surface area contributed by atoms with Gasteiger partial charge >= 0.3 is 5.97 Å². The summed E-state index contributed by atoms with van der Waals surface area (Å²) < 4.78 is 20.4. The number of hydrogen-bond acceptors (Lipinski definition) is 15. The molecule has 10 rings (SSSR count). The minimum atomic E-state index is -0.908. The van der Waals surface area contributed by atoms with E-state index in [-0.39, 0.29) is 24.6 Å². The number of carbonyl (C=O) groups excluding carboxylic acids is 1. The number of nitrogens with zero attached hydrogens (tertiary/aromatic N) is 8. The van der Waals surface area contributed by atoms with Gasteiger partial charge in [-0.2, -0.15) is 0 Å². The van der Waals surface area contributed by atoms with Gasteiger partial charge in [-0.1, -0.05) is 0 Å². The molecule has 4 N–H and O–H groups in total. The molecule has 0 amide bonds. The van der Waals surface area contributed by atoms with Gasteiger partial charge in [-0.25, -0.2) is 24.7 Å². The fourth-order valence-electron chi connectivity index (χ4n) is 7.51.